The second-order valence-corrected chi connectivity index (χ2v) is 7.12. The quantitative estimate of drug-likeness (QED) is 0.710. The van der Waals surface area contributed by atoms with E-state index in [-0.39, 0.29) is 36.5 Å². The molecule has 1 aromatic heterocycles. The van der Waals surface area contributed by atoms with Crippen LogP contribution in [-0.2, 0) is 22.7 Å². The van der Waals surface area contributed by atoms with E-state index < -0.39 is 5.91 Å². The van der Waals surface area contributed by atoms with Crippen molar-refractivity contribution in [2.75, 3.05) is 19.4 Å². The van der Waals surface area contributed by atoms with Crippen molar-refractivity contribution in [1.82, 2.24) is 25.2 Å². The summed E-state index contributed by atoms with van der Waals surface area (Å²) < 4.78 is 1.32. The van der Waals surface area contributed by atoms with Gasteiger partial charge in [0.2, 0.25) is 11.8 Å². The molecule has 9 nitrogen and oxygen atoms in total. The Labute approximate surface area is 164 Å². The first kappa shape index (κ1) is 21.1. The summed E-state index contributed by atoms with van der Waals surface area (Å²) >= 11 is 0. The lowest BCUT2D eigenvalue weighted by Crippen LogP contribution is -2.26. The fourth-order valence-corrected chi connectivity index (χ4v) is 2.37. The van der Waals surface area contributed by atoms with Crippen LogP contribution < -0.4 is 10.6 Å². The lowest BCUT2D eigenvalue weighted by Gasteiger charge is -2.09. The molecule has 0 aliphatic carbocycles. The van der Waals surface area contributed by atoms with Crippen LogP contribution in [0.5, 0.6) is 0 Å². The minimum atomic E-state index is -0.391. The molecule has 0 atom stereocenters. The van der Waals surface area contributed by atoms with E-state index >= 15 is 0 Å². The number of hydrogen-bond donors (Lipinski definition) is 2. The standard InChI is InChI=1S/C19H26N6O3/c1-13(2)8-17(26)21-15-7-5-6-14(9-15)10-20-19(28)16-11-25(23-22-16)12-18(27)24(3)4/h5-7,9,11,13H,8,10,12H2,1-4H3,(H,20,28)(H,21,26). The zero-order chi connectivity index (χ0) is 20.7. The molecule has 2 aromatic rings. The molecule has 28 heavy (non-hydrogen) atoms. The Balaban J connectivity index is 1.91. The second-order valence-electron chi connectivity index (χ2n) is 7.12. The average molecular weight is 386 g/mol. The topological polar surface area (TPSA) is 109 Å². The Bertz CT molecular complexity index is 844. The van der Waals surface area contributed by atoms with Crippen LogP contribution in [0.25, 0.3) is 0 Å². The van der Waals surface area contributed by atoms with E-state index in [1.807, 2.05) is 32.0 Å². The van der Waals surface area contributed by atoms with Crippen LogP contribution in [-0.4, -0.2) is 51.7 Å². The van der Waals surface area contributed by atoms with Gasteiger partial charge in [-0.05, 0) is 23.6 Å². The zero-order valence-corrected chi connectivity index (χ0v) is 16.6. The SMILES string of the molecule is CC(C)CC(=O)Nc1cccc(CNC(=O)c2cn(CC(=O)N(C)C)nn2)c1. The number of benzene rings is 1. The smallest absolute Gasteiger partial charge is 0.273 e. The van der Waals surface area contributed by atoms with Crippen molar-refractivity contribution in [1.29, 1.82) is 0 Å². The lowest BCUT2D eigenvalue weighted by molar-refractivity contribution is -0.129. The van der Waals surface area contributed by atoms with E-state index in [2.05, 4.69) is 20.9 Å². The van der Waals surface area contributed by atoms with E-state index in [0.29, 0.717) is 12.1 Å². The molecule has 0 aliphatic heterocycles. The number of hydrogen-bond acceptors (Lipinski definition) is 5. The molecule has 1 aromatic carbocycles. The molecule has 0 aliphatic rings. The number of carbonyl (C=O) groups excluding carboxylic acids is 3. The number of likely N-dealkylation sites (N-methyl/N-ethyl adjacent to an activating group) is 1. The summed E-state index contributed by atoms with van der Waals surface area (Å²) in [6.45, 7) is 4.26. The molecule has 2 N–H and O–H groups in total. The average Bonchev–Trinajstić information content (AvgIpc) is 3.07. The van der Waals surface area contributed by atoms with Crippen LogP contribution >= 0.6 is 0 Å². The third-order valence-corrected chi connectivity index (χ3v) is 3.82. The van der Waals surface area contributed by atoms with Gasteiger partial charge < -0.3 is 15.5 Å². The van der Waals surface area contributed by atoms with Crippen LogP contribution in [0.1, 0.15) is 36.3 Å². The third-order valence-electron chi connectivity index (χ3n) is 3.82. The van der Waals surface area contributed by atoms with Crippen LogP contribution in [0.4, 0.5) is 5.69 Å². The first-order chi connectivity index (χ1) is 13.2. The number of nitrogens with one attached hydrogen (secondary N) is 2. The van der Waals surface area contributed by atoms with Crippen molar-refractivity contribution in [2.24, 2.45) is 5.92 Å². The third kappa shape index (κ3) is 6.49. The summed E-state index contributed by atoms with van der Waals surface area (Å²) in [5, 5.41) is 13.2. The van der Waals surface area contributed by atoms with Crippen LogP contribution in [0.2, 0.25) is 0 Å². The van der Waals surface area contributed by atoms with E-state index in [1.54, 1.807) is 20.2 Å². The van der Waals surface area contributed by atoms with Crippen molar-refractivity contribution in [2.45, 2.75) is 33.4 Å². The molecule has 0 radical (unpaired) electrons. The van der Waals surface area contributed by atoms with Gasteiger partial charge in [0, 0.05) is 32.7 Å². The summed E-state index contributed by atoms with van der Waals surface area (Å²) in [5.74, 6) is -0.296. The minimum Gasteiger partial charge on any atom is -0.347 e. The van der Waals surface area contributed by atoms with E-state index in [1.165, 1.54) is 15.8 Å². The predicted octanol–water partition coefficient (Wildman–Crippen LogP) is 1.28. The predicted molar refractivity (Wildman–Crippen MR) is 104 cm³/mol. The lowest BCUT2D eigenvalue weighted by atomic mass is 10.1. The van der Waals surface area contributed by atoms with Crippen LogP contribution in [0.15, 0.2) is 30.5 Å². The molecule has 0 unspecified atom stereocenters. The minimum absolute atomic E-state index is 0.0192. The van der Waals surface area contributed by atoms with E-state index in [9.17, 15) is 14.4 Å². The van der Waals surface area contributed by atoms with Crippen molar-refractivity contribution in [3.8, 4) is 0 Å². The molecule has 1 heterocycles. The normalized spacial score (nSPS) is 10.6. The van der Waals surface area contributed by atoms with Gasteiger partial charge in [-0.25, -0.2) is 4.68 Å². The van der Waals surface area contributed by atoms with Gasteiger partial charge in [0.1, 0.15) is 6.54 Å². The van der Waals surface area contributed by atoms with Crippen molar-refractivity contribution < 1.29 is 14.4 Å². The summed E-state index contributed by atoms with van der Waals surface area (Å²) in [7, 11) is 3.29. The number of nitrogens with zero attached hydrogens (tertiary/aromatic N) is 4. The monoisotopic (exact) mass is 386 g/mol. The number of anilines is 1. The number of aromatic nitrogens is 3. The molecule has 2 rings (SSSR count). The molecule has 3 amide bonds. The number of carbonyl (C=O) groups is 3. The highest BCUT2D eigenvalue weighted by molar-refractivity contribution is 5.92. The Morgan fingerprint density at radius 1 is 1.21 bits per heavy atom. The van der Waals surface area contributed by atoms with Gasteiger partial charge >= 0.3 is 0 Å². The molecule has 0 bridgehead atoms. The molecule has 150 valence electrons. The summed E-state index contributed by atoms with van der Waals surface area (Å²) in [5.41, 5.74) is 1.66. The fraction of sp³-hybridized carbons (Fsp3) is 0.421. The van der Waals surface area contributed by atoms with Gasteiger partial charge in [-0.15, -0.1) is 5.10 Å². The van der Waals surface area contributed by atoms with Crippen LogP contribution in [0, 0.1) is 5.92 Å². The van der Waals surface area contributed by atoms with Gasteiger partial charge in [0.15, 0.2) is 5.69 Å². The molecule has 0 fully saturated rings. The fourth-order valence-electron chi connectivity index (χ4n) is 2.37. The van der Waals surface area contributed by atoms with Crippen molar-refractivity contribution in [3.05, 3.63) is 41.7 Å². The molecule has 0 saturated carbocycles. The van der Waals surface area contributed by atoms with Gasteiger partial charge in [-0.2, -0.15) is 0 Å². The second kappa shape index (κ2) is 9.63. The maximum Gasteiger partial charge on any atom is 0.273 e. The van der Waals surface area contributed by atoms with Gasteiger partial charge in [-0.3, -0.25) is 14.4 Å². The zero-order valence-electron chi connectivity index (χ0n) is 16.6. The van der Waals surface area contributed by atoms with Gasteiger partial charge in [0.25, 0.3) is 5.91 Å². The van der Waals surface area contributed by atoms with Gasteiger partial charge in [-0.1, -0.05) is 31.2 Å². The molecule has 0 spiro atoms. The number of amides is 3. The first-order valence-corrected chi connectivity index (χ1v) is 9.02. The van der Waals surface area contributed by atoms with Crippen molar-refractivity contribution in [3.63, 3.8) is 0 Å². The Hall–Kier alpha value is -3.23. The first-order valence-electron chi connectivity index (χ1n) is 9.02. The highest BCUT2D eigenvalue weighted by Crippen LogP contribution is 2.12. The highest BCUT2D eigenvalue weighted by Gasteiger charge is 2.13. The Morgan fingerprint density at radius 2 is 1.96 bits per heavy atom. The van der Waals surface area contributed by atoms with Crippen LogP contribution in [0.3, 0.4) is 0 Å². The maximum absolute atomic E-state index is 12.2. The summed E-state index contributed by atoms with van der Waals surface area (Å²) in [6.07, 6.45) is 1.88. The van der Waals surface area contributed by atoms with E-state index in [0.717, 1.165) is 5.56 Å². The Kier molecular flexibility index (Phi) is 7.25. The maximum atomic E-state index is 12.2. The highest BCUT2D eigenvalue weighted by atomic mass is 16.2. The molecule has 0 saturated heterocycles. The molecular weight excluding hydrogens is 360 g/mol. The summed E-state index contributed by atoms with van der Waals surface area (Å²) in [4.78, 5) is 37.2. The summed E-state index contributed by atoms with van der Waals surface area (Å²) in [6, 6.07) is 7.28. The molecule has 9 heteroatoms. The molecular formula is C19H26N6O3. The van der Waals surface area contributed by atoms with E-state index in [4.69, 9.17) is 0 Å². The van der Waals surface area contributed by atoms with Gasteiger partial charge in [0.05, 0.1) is 6.20 Å². The Morgan fingerprint density at radius 3 is 2.64 bits per heavy atom. The number of rotatable bonds is 8. The largest absolute Gasteiger partial charge is 0.347 e. The van der Waals surface area contributed by atoms with Crippen molar-refractivity contribution >= 4 is 23.4 Å².